The maximum Gasteiger partial charge on any atom is 0.422 e. The molecule has 3 aliphatic rings. The van der Waals surface area contributed by atoms with Crippen LogP contribution >= 0.6 is 0 Å². The van der Waals surface area contributed by atoms with Crippen LogP contribution in [-0.4, -0.2) is 58.4 Å². The molecule has 2 saturated heterocycles. The van der Waals surface area contributed by atoms with Crippen molar-refractivity contribution in [3.05, 3.63) is 59.4 Å². The van der Waals surface area contributed by atoms with Crippen molar-refractivity contribution in [2.45, 2.75) is 33.0 Å². The molecule has 1 saturated carbocycles. The van der Waals surface area contributed by atoms with E-state index in [1.807, 2.05) is 15.5 Å². The lowest BCUT2D eigenvalue weighted by Crippen LogP contribution is -2.45. The van der Waals surface area contributed by atoms with Gasteiger partial charge in [0.25, 0.3) is 5.91 Å². The van der Waals surface area contributed by atoms with E-state index < -0.39 is 56.1 Å². The normalized spacial score (nSPS) is 22.9. The number of carbonyl (C=O) groups is 2. The molecule has 3 atom stereocenters. The van der Waals surface area contributed by atoms with Crippen LogP contribution < -0.4 is 18.5 Å². The highest BCUT2D eigenvalue weighted by Crippen LogP contribution is 2.52. The highest BCUT2D eigenvalue weighted by Gasteiger charge is 2.57. The van der Waals surface area contributed by atoms with Crippen LogP contribution in [0.3, 0.4) is 0 Å². The molecule has 224 valence electrons. The van der Waals surface area contributed by atoms with E-state index in [1.165, 1.54) is 12.1 Å². The summed E-state index contributed by atoms with van der Waals surface area (Å²) < 4.78 is 82.4. The van der Waals surface area contributed by atoms with Gasteiger partial charge in [-0.05, 0) is 50.3 Å². The Bertz CT molecular complexity index is 1690. The van der Waals surface area contributed by atoms with Gasteiger partial charge < -0.3 is 9.47 Å². The second-order valence-corrected chi connectivity index (χ2v) is 14.4. The monoisotopic (exact) mass is 620 g/mol. The third-order valence-electron chi connectivity index (χ3n) is 6.87. The third-order valence-corrected chi connectivity index (χ3v) is 9.65. The Morgan fingerprint density at radius 1 is 1.14 bits per heavy atom. The van der Waals surface area contributed by atoms with Crippen molar-refractivity contribution in [2.75, 3.05) is 23.9 Å². The van der Waals surface area contributed by atoms with E-state index in [0.29, 0.717) is 4.31 Å². The molecule has 0 radical (unpaired) electrons. The lowest BCUT2D eigenvalue weighted by Gasteiger charge is -2.22. The van der Waals surface area contributed by atoms with Gasteiger partial charge in [-0.25, -0.2) is 22.9 Å². The molecule has 2 aliphatic heterocycles. The summed E-state index contributed by atoms with van der Waals surface area (Å²) >= 11 is 0. The fraction of sp³-hybridized carbons (Fsp3) is 0.407. The van der Waals surface area contributed by atoms with Crippen molar-refractivity contribution < 1.29 is 40.3 Å². The zero-order valence-electron chi connectivity index (χ0n) is 23.0. The van der Waals surface area contributed by atoms with Gasteiger partial charge in [0, 0.05) is 19.0 Å². The van der Waals surface area contributed by atoms with E-state index in [9.17, 15) is 26.4 Å². The van der Waals surface area contributed by atoms with Gasteiger partial charge in [0.1, 0.15) is 30.2 Å². The summed E-state index contributed by atoms with van der Waals surface area (Å²) in [6.45, 7) is 4.51. The average Bonchev–Trinajstić information content (AvgIpc) is 3.18. The number of benzene rings is 2. The largest absolute Gasteiger partial charge is 0.487 e. The lowest BCUT2D eigenvalue weighted by atomic mass is 10.1. The highest BCUT2D eigenvalue weighted by atomic mass is 32.2. The van der Waals surface area contributed by atoms with Gasteiger partial charge in [0.05, 0.1) is 5.56 Å². The number of piperidine rings is 1. The van der Waals surface area contributed by atoms with E-state index >= 15 is 4.39 Å². The van der Waals surface area contributed by atoms with Crippen LogP contribution in [0.2, 0.25) is 0 Å². The van der Waals surface area contributed by atoms with Gasteiger partial charge in [-0.2, -0.15) is 21.1 Å². The van der Waals surface area contributed by atoms with Crippen LogP contribution in [0.25, 0.3) is 0 Å². The second kappa shape index (κ2) is 10.8. The molecule has 2 aromatic carbocycles. The predicted molar refractivity (Wildman–Crippen MR) is 149 cm³/mol. The van der Waals surface area contributed by atoms with Crippen LogP contribution in [0.15, 0.2) is 42.5 Å². The van der Waals surface area contributed by atoms with Crippen molar-refractivity contribution in [2.24, 2.45) is 17.8 Å². The number of fused-ring (bicyclic) bond motifs is 1. The topological polar surface area (TPSA) is 151 Å². The summed E-state index contributed by atoms with van der Waals surface area (Å²) in [5, 5.41) is 0. The fourth-order valence-corrected chi connectivity index (χ4v) is 7.18. The molecule has 0 aromatic heterocycles. The summed E-state index contributed by atoms with van der Waals surface area (Å²) in [5.41, 5.74) is -0.631. The number of carbonyl (C=O) groups excluding carboxylic acids is 2. The van der Waals surface area contributed by atoms with Gasteiger partial charge in [-0.1, -0.05) is 42.2 Å². The van der Waals surface area contributed by atoms with E-state index in [1.54, 1.807) is 45.0 Å². The summed E-state index contributed by atoms with van der Waals surface area (Å²) in [5.74, 6) is 3.43. The van der Waals surface area contributed by atoms with Gasteiger partial charge >= 0.3 is 26.5 Å². The molecule has 5 rings (SSSR count). The fourth-order valence-electron chi connectivity index (χ4n) is 4.90. The van der Waals surface area contributed by atoms with E-state index in [2.05, 4.69) is 11.8 Å². The van der Waals surface area contributed by atoms with Crippen molar-refractivity contribution >= 4 is 38.1 Å². The summed E-state index contributed by atoms with van der Waals surface area (Å²) in [7, 11) is -8.44. The Morgan fingerprint density at radius 3 is 2.40 bits per heavy atom. The molecule has 2 heterocycles. The predicted octanol–water partition coefficient (Wildman–Crippen LogP) is 1.88. The minimum Gasteiger partial charge on any atom is -0.487 e. The Kier molecular flexibility index (Phi) is 7.58. The second-order valence-electron chi connectivity index (χ2n) is 11.1. The van der Waals surface area contributed by atoms with Crippen molar-refractivity contribution in [1.82, 2.24) is 13.7 Å². The first-order chi connectivity index (χ1) is 19.6. The molecule has 42 heavy (non-hydrogen) atoms. The van der Waals surface area contributed by atoms with Gasteiger partial charge in [0.15, 0.2) is 5.82 Å². The molecule has 2 amide bonds. The number of anilines is 1. The van der Waals surface area contributed by atoms with Crippen molar-refractivity contribution in [3.8, 4) is 17.6 Å². The molecule has 3 fully saturated rings. The molecule has 2 aromatic rings. The summed E-state index contributed by atoms with van der Waals surface area (Å²) in [6.07, 6.45) is -1.07. The number of ether oxygens (including phenoxy) is 2. The third kappa shape index (κ3) is 6.30. The van der Waals surface area contributed by atoms with Crippen LogP contribution in [-0.2, 0) is 36.6 Å². The minimum absolute atomic E-state index is 0.0290. The molecule has 1 aliphatic carbocycles. The molecule has 2 N–H and O–H groups in total. The van der Waals surface area contributed by atoms with Gasteiger partial charge in [0.2, 0.25) is 0 Å². The molecular weight excluding hydrogens is 591 g/mol. The smallest absolute Gasteiger partial charge is 0.422 e. The molecule has 12 nitrogen and oxygen atoms in total. The number of nitrogens with one attached hydrogen (secondary N) is 2. The first kappa shape index (κ1) is 29.6. The van der Waals surface area contributed by atoms with Crippen LogP contribution in [0.5, 0.6) is 5.75 Å². The van der Waals surface area contributed by atoms with E-state index in [0.717, 1.165) is 9.87 Å². The molecule has 1 unspecified atom stereocenters. The number of rotatable bonds is 6. The Balaban J connectivity index is 1.32. The average molecular weight is 621 g/mol. The molecule has 0 bridgehead atoms. The molecule has 0 spiro atoms. The number of amides is 2. The summed E-state index contributed by atoms with van der Waals surface area (Å²) in [4.78, 5) is 23.8. The quantitative estimate of drug-likeness (QED) is 0.465. The van der Waals surface area contributed by atoms with Crippen LogP contribution in [0.1, 0.15) is 31.9 Å². The summed E-state index contributed by atoms with van der Waals surface area (Å²) in [6, 6.07) is 11.8. The number of hydrogen-bond donors (Lipinski definition) is 2. The maximum atomic E-state index is 15.8. The Hall–Kier alpha value is -3.87. The minimum atomic E-state index is -4.34. The first-order valence-electron chi connectivity index (χ1n) is 13.0. The van der Waals surface area contributed by atoms with Crippen LogP contribution in [0, 0.1) is 35.4 Å². The van der Waals surface area contributed by atoms with Gasteiger partial charge in [-0.3, -0.25) is 4.79 Å². The van der Waals surface area contributed by atoms with Crippen LogP contribution in [0.4, 0.5) is 14.9 Å². The van der Waals surface area contributed by atoms with Crippen molar-refractivity contribution in [3.63, 3.8) is 0 Å². The number of hydrogen-bond acceptors (Lipinski definition) is 8. The SMILES string of the molecule is CC(C)(C)OC(=O)NS(=O)(=O)N1C[C@@H]2C(C#Cc3ccc(OCc4ccccc4)c(N4CC(=O)NS4(=O)=O)c3F)[C@@H]2C1. The Labute approximate surface area is 243 Å². The number of halogens is 1. The highest BCUT2D eigenvalue weighted by molar-refractivity contribution is 7.92. The van der Waals surface area contributed by atoms with E-state index in [-0.39, 0.29) is 48.8 Å². The van der Waals surface area contributed by atoms with E-state index in [4.69, 9.17) is 9.47 Å². The maximum absolute atomic E-state index is 15.8. The zero-order valence-corrected chi connectivity index (χ0v) is 24.6. The number of nitrogens with zero attached hydrogens (tertiary/aromatic N) is 2. The Morgan fingerprint density at radius 2 is 1.81 bits per heavy atom. The molecule has 15 heteroatoms. The lowest BCUT2D eigenvalue weighted by molar-refractivity contribution is -0.117. The molecular formula is C27H29FN4O8S2. The standard InChI is InChI=1S/C27H29FN4O8S2/c1-27(2,3)40-26(34)30-41(35,36)31-13-20-19(21(20)14-31)11-9-18-10-12-22(39-16-17-7-5-4-6-8-17)25(24(18)28)32-15-23(33)29-42(32,37)38/h4-8,10,12,19-21H,13-16H2,1-3H3,(H,29,33)(H,30,34)/t19?,20-,21+. The zero-order chi connectivity index (χ0) is 30.4. The van der Waals surface area contributed by atoms with Gasteiger partial charge in [-0.15, -0.1) is 0 Å². The van der Waals surface area contributed by atoms with Crippen molar-refractivity contribution in [1.29, 1.82) is 0 Å². The first-order valence-corrected chi connectivity index (χ1v) is 15.9.